The predicted molar refractivity (Wildman–Crippen MR) is 52.2 cm³/mol. The second-order valence-electron chi connectivity index (χ2n) is 2.88. The van der Waals surface area contributed by atoms with Crippen LogP contribution in [0.15, 0.2) is 12.1 Å². The lowest BCUT2D eigenvalue weighted by molar-refractivity contribution is -0.137. The average Bonchev–Trinajstić information content (AvgIpc) is 2.19. The average molecular weight is 254 g/mol. The Labute approximate surface area is 93.9 Å². The zero-order chi connectivity index (χ0) is 12.5. The standard InChI is InChI=1S/C9H7ClF3NO2/c1-16-8(15)4-2-3-5(9(11,12)13)6(10)7(4)14/h2-3H,14H2,1H3. The molecular weight excluding hydrogens is 247 g/mol. The number of esters is 1. The van der Waals surface area contributed by atoms with Gasteiger partial charge in [0.2, 0.25) is 0 Å². The van der Waals surface area contributed by atoms with Gasteiger partial charge in [-0.3, -0.25) is 0 Å². The van der Waals surface area contributed by atoms with E-state index in [0.717, 1.165) is 13.2 Å². The van der Waals surface area contributed by atoms with Gasteiger partial charge in [0.15, 0.2) is 0 Å². The highest BCUT2D eigenvalue weighted by molar-refractivity contribution is 6.34. The maximum Gasteiger partial charge on any atom is 0.417 e. The first-order chi connectivity index (χ1) is 7.29. The number of benzene rings is 1. The van der Waals surface area contributed by atoms with Crippen molar-refractivity contribution in [2.24, 2.45) is 0 Å². The highest BCUT2D eigenvalue weighted by atomic mass is 35.5. The van der Waals surface area contributed by atoms with Crippen molar-refractivity contribution >= 4 is 23.3 Å². The number of hydrogen-bond acceptors (Lipinski definition) is 3. The quantitative estimate of drug-likeness (QED) is 0.618. The van der Waals surface area contributed by atoms with Crippen molar-refractivity contribution in [3.8, 4) is 0 Å². The molecule has 0 unspecified atom stereocenters. The Bertz CT molecular complexity index is 431. The van der Waals surface area contributed by atoms with E-state index < -0.39 is 28.4 Å². The molecular formula is C9H7ClF3NO2. The van der Waals surface area contributed by atoms with Gasteiger partial charge in [0.25, 0.3) is 0 Å². The number of nitrogens with two attached hydrogens (primary N) is 1. The minimum absolute atomic E-state index is 0.194. The fraction of sp³-hybridized carbons (Fsp3) is 0.222. The number of ether oxygens (including phenoxy) is 1. The first kappa shape index (κ1) is 12.6. The van der Waals surface area contributed by atoms with E-state index in [4.69, 9.17) is 17.3 Å². The maximum absolute atomic E-state index is 12.4. The largest absolute Gasteiger partial charge is 0.465 e. The lowest BCUT2D eigenvalue weighted by Crippen LogP contribution is -2.11. The summed E-state index contributed by atoms with van der Waals surface area (Å²) < 4.78 is 41.5. The van der Waals surface area contributed by atoms with Crippen LogP contribution in [0, 0.1) is 0 Å². The zero-order valence-corrected chi connectivity index (χ0v) is 8.82. The Kier molecular flexibility index (Phi) is 3.32. The molecule has 0 bridgehead atoms. The van der Waals surface area contributed by atoms with Crippen LogP contribution in [0.4, 0.5) is 18.9 Å². The van der Waals surface area contributed by atoms with Gasteiger partial charge in [-0.2, -0.15) is 13.2 Å². The summed E-state index contributed by atoms with van der Waals surface area (Å²) in [5.74, 6) is -0.840. The fourth-order valence-corrected chi connectivity index (χ4v) is 1.37. The third-order valence-electron chi connectivity index (χ3n) is 1.89. The minimum atomic E-state index is -4.61. The Morgan fingerprint density at radius 1 is 1.44 bits per heavy atom. The molecule has 88 valence electrons. The van der Waals surface area contributed by atoms with E-state index in [1.807, 2.05) is 0 Å². The summed E-state index contributed by atoms with van der Waals surface area (Å²) in [6.07, 6.45) is -4.61. The second kappa shape index (κ2) is 4.21. The molecule has 0 saturated carbocycles. The first-order valence-corrected chi connectivity index (χ1v) is 4.40. The molecule has 0 fully saturated rings. The number of halogens is 4. The van der Waals surface area contributed by atoms with E-state index >= 15 is 0 Å². The third-order valence-corrected chi connectivity index (χ3v) is 2.30. The van der Waals surface area contributed by atoms with Crippen LogP contribution in [-0.4, -0.2) is 13.1 Å². The molecule has 0 heterocycles. The van der Waals surface area contributed by atoms with E-state index in [2.05, 4.69) is 4.74 Å². The van der Waals surface area contributed by atoms with Gasteiger partial charge in [0.1, 0.15) is 0 Å². The normalized spacial score (nSPS) is 11.3. The number of hydrogen-bond donors (Lipinski definition) is 1. The van der Waals surface area contributed by atoms with Gasteiger partial charge in [-0.25, -0.2) is 4.79 Å². The molecule has 2 N–H and O–H groups in total. The van der Waals surface area contributed by atoms with Crippen LogP contribution in [0.25, 0.3) is 0 Å². The van der Waals surface area contributed by atoms with Gasteiger partial charge in [-0.15, -0.1) is 0 Å². The summed E-state index contributed by atoms with van der Waals surface area (Å²) >= 11 is 5.43. The third kappa shape index (κ3) is 2.21. The molecule has 7 heteroatoms. The van der Waals surface area contributed by atoms with Crippen LogP contribution in [-0.2, 0) is 10.9 Å². The summed E-state index contributed by atoms with van der Waals surface area (Å²) in [5, 5.41) is -0.699. The zero-order valence-electron chi connectivity index (χ0n) is 8.06. The second-order valence-corrected chi connectivity index (χ2v) is 3.26. The number of nitrogen functional groups attached to an aromatic ring is 1. The van der Waals surface area contributed by atoms with Crippen molar-refractivity contribution in [2.45, 2.75) is 6.18 Å². The molecule has 0 aliphatic carbocycles. The van der Waals surface area contributed by atoms with Gasteiger partial charge in [0, 0.05) is 0 Å². The molecule has 1 aromatic rings. The van der Waals surface area contributed by atoms with Crippen LogP contribution >= 0.6 is 11.6 Å². The lowest BCUT2D eigenvalue weighted by atomic mass is 10.1. The Morgan fingerprint density at radius 3 is 2.44 bits per heavy atom. The summed E-state index contributed by atoms with van der Waals surface area (Å²) in [5.41, 5.74) is 3.60. The van der Waals surface area contributed by atoms with Crippen molar-refractivity contribution in [1.82, 2.24) is 0 Å². The number of rotatable bonds is 1. The van der Waals surface area contributed by atoms with Crippen LogP contribution < -0.4 is 5.73 Å². The van der Waals surface area contributed by atoms with Gasteiger partial charge in [0.05, 0.1) is 28.9 Å². The predicted octanol–water partition coefficient (Wildman–Crippen LogP) is 2.73. The Hall–Kier alpha value is -1.43. The number of anilines is 1. The van der Waals surface area contributed by atoms with Crippen molar-refractivity contribution in [2.75, 3.05) is 12.8 Å². The van der Waals surface area contributed by atoms with Crippen molar-refractivity contribution in [1.29, 1.82) is 0 Å². The van der Waals surface area contributed by atoms with Gasteiger partial charge in [-0.1, -0.05) is 11.6 Å². The molecule has 3 nitrogen and oxygen atoms in total. The number of methoxy groups -OCH3 is 1. The smallest absolute Gasteiger partial charge is 0.417 e. The fourth-order valence-electron chi connectivity index (χ4n) is 1.10. The van der Waals surface area contributed by atoms with Crippen LogP contribution in [0.2, 0.25) is 5.02 Å². The molecule has 0 spiro atoms. The SMILES string of the molecule is COC(=O)c1ccc(C(F)(F)F)c(Cl)c1N. The summed E-state index contributed by atoms with van der Waals surface area (Å²) in [6.45, 7) is 0. The van der Waals surface area contributed by atoms with E-state index in [9.17, 15) is 18.0 Å². The molecule has 0 aliphatic heterocycles. The molecule has 0 saturated heterocycles. The summed E-state index contributed by atoms with van der Waals surface area (Å²) in [7, 11) is 1.09. The molecule has 0 aliphatic rings. The van der Waals surface area contributed by atoms with Crippen molar-refractivity contribution < 1.29 is 22.7 Å². The Morgan fingerprint density at radius 2 is 2.00 bits per heavy atom. The maximum atomic E-state index is 12.4. The van der Waals surface area contributed by atoms with Crippen LogP contribution in [0.3, 0.4) is 0 Å². The molecule has 0 aromatic heterocycles. The first-order valence-electron chi connectivity index (χ1n) is 4.02. The molecule has 16 heavy (non-hydrogen) atoms. The van der Waals surface area contributed by atoms with Crippen LogP contribution in [0.1, 0.15) is 15.9 Å². The van der Waals surface area contributed by atoms with Gasteiger partial charge >= 0.3 is 12.1 Å². The molecule has 1 rings (SSSR count). The Balaban J connectivity index is 3.35. The van der Waals surface area contributed by atoms with E-state index in [1.54, 1.807) is 0 Å². The molecule has 0 amide bonds. The van der Waals surface area contributed by atoms with Crippen molar-refractivity contribution in [3.05, 3.63) is 28.3 Å². The highest BCUT2D eigenvalue weighted by Gasteiger charge is 2.34. The molecule has 0 atom stereocenters. The van der Waals surface area contributed by atoms with E-state index in [0.29, 0.717) is 6.07 Å². The van der Waals surface area contributed by atoms with Gasteiger partial charge < -0.3 is 10.5 Å². The van der Waals surface area contributed by atoms with E-state index in [-0.39, 0.29) is 5.56 Å². The molecule has 1 aromatic carbocycles. The molecule has 0 radical (unpaired) electrons. The number of carbonyl (C=O) groups is 1. The van der Waals surface area contributed by atoms with Crippen molar-refractivity contribution in [3.63, 3.8) is 0 Å². The summed E-state index contributed by atoms with van der Waals surface area (Å²) in [4.78, 5) is 11.1. The van der Waals surface area contributed by atoms with Gasteiger partial charge in [-0.05, 0) is 12.1 Å². The lowest BCUT2D eigenvalue weighted by Gasteiger charge is -2.12. The minimum Gasteiger partial charge on any atom is -0.465 e. The number of carbonyl (C=O) groups excluding carboxylic acids is 1. The van der Waals surface area contributed by atoms with Crippen LogP contribution in [0.5, 0.6) is 0 Å². The monoisotopic (exact) mass is 253 g/mol. The topological polar surface area (TPSA) is 52.3 Å². The highest BCUT2D eigenvalue weighted by Crippen LogP contribution is 2.38. The summed E-state index contributed by atoms with van der Waals surface area (Å²) in [6, 6.07) is 1.61. The number of alkyl halides is 3. The van der Waals surface area contributed by atoms with E-state index in [1.165, 1.54) is 0 Å².